The summed E-state index contributed by atoms with van der Waals surface area (Å²) in [7, 11) is 0. The molecule has 1 aromatic rings. The van der Waals surface area contributed by atoms with Crippen LogP contribution in [0.3, 0.4) is 0 Å². The molecular formula is C9H14ClNO. The summed E-state index contributed by atoms with van der Waals surface area (Å²) in [4.78, 5) is 0. The Balaban J connectivity index is 0.00000121. The van der Waals surface area contributed by atoms with Gasteiger partial charge in [-0.1, -0.05) is 17.7 Å². The summed E-state index contributed by atoms with van der Waals surface area (Å²) in [5.74, 6) is 0.890. The van der Waals surface area contributed by atoms with Gasteiger partial charge in [-0.2, -0.15) is 0 Å². The summed E-state index contributed by atoms with van der Waals surface area (Å²) in [5, 5.41) is 0. The van der Waals surface area contributed by atoms with E-state index in [1.807, 2.05) is 31.2 Å². The topological polar surface area (TPSA) is 35.2 Å². The fourth-order valence-electron chi connectivity index (χ4n) is 0.811. The first-order valence-corrected chi connectivity index (χ1v) is 3.72. The normalized spacial score (nSPS) is 8.83. The van der Waals surface area contributed by atoms with E-state index >= 15 is 0 Å². The van der Waals surface area contributed by atoms with E-state index in [-0.39, 0.29) is 12.4 Å². The molecule has 0 unspecified atom stereocenters. The van der Waals surface area contributed by atoms with Gasteiger partial charge in [-0.3, -0.25) is 0 Å². The van der Waals surface area contributed by atoms with Gasteiger partial charge in [0.2, 0.25) is 0 Å². The maximum atomic E-state index is 5.29. The van der Waals surface area contributed by atoms with Gasteiger partial charge in [0.1, 0.15) is 12.4 Å². The summed E-state index contributed by atoms with van der Waals surface area (Å²) >= 11 is 0. The van der Waals surface area contributed by atoms with Gasteiger partial charge in [0.25, 0.3) is 0 Å². The molecule has 3 heteroatoms. The highest BCUT2D eigenvalue weighted by molar-refractivity contribution is 5.85. The van der Waals surface area contributed by atoms with Crippen molar-refractivity contribution in [2.75, 3.05) is 13.2 Å². The average Bonchev–Trinajstić information content (AvgIpc) is 2.04. The number of hydrogen-bond acceptors (Lipinski definition) is 2. The zero-order valence-corrected chi connectivity index (χ0v) is 7.93. The largest absolute Gasteiger partial charge is 0.492 e. The van der Waals surface area contributed by atoms with Crippen LogP contribution in [0.4, 0.5) is 0 Å². The van der Waals surface area contributed by atoms with Crippen LogP contribution in [0.15, 0.2) is 24.3 Å². The van der Waals surface area contributed by atoms with E-state index < -0.39 is 0 Å². The number of hydrogen-bond donors (Lipinski definition) is 1. The smallest absolute Gasteiger partial charge is 0.119 e. The first-order valence-electron chi connectivity index (χ1n) is 3.72. The highest BCUT2D eigenvalue weighted by Gasteiger charge is 1.89. The molecule has 0 aliphatic carbocycles. The minimum absolute atomic E-state index is 0. The fourth-order valence-corrected chi connectivity index (χ4v) is 0.811. The quantitative estimate of drug-likeness (QED) is 0.783. The van der Waals surface area contributed by atoms with E-state index in [9.17, 15) is 0 Å². The molecule has 0 atom stereocenters. The standard InChI is InChI=1S/C9H13NO.ClH/c1-8-2-4-9(5-3-8)11-7-6-10;/h2-5H,6-7,10H2,1H3;1H. The molecule has 0 amide bonds. The lowest BCUT2D eigenvalue weighted by atomic mass is 10.2. The van der Waals surface area contributed by atoms with Crippen LogP contribution in [0.1, 0.15) is 5.56 Å². The Labute approximate surface area is 79.1 Å². The first kappa shape index (κ1) is 11.3. The van der Waals surface area contributed by atoms with E-state index in [0.717, 1.165) is 5.75 Å². The third-order valence-electron chi connectivity index (χ3n) is 1.41. The second-order valence-electron chi connectivity index (χ2n) is 2.45. The molecule has 0 radical (unpaired) electrons. The summed E-state index contributed by atoms with van der Waals surface area (Å²) in [6.07, 6.45) is 0. The Hall–Kier alpha value is -0.730. The Morgan fingerprint density at radius 1 is 1.25 bits per heavy atom. The van der Waals surface area contributed by atoms with E-state index in [0.29, 0.717) is 13.2 Å². The van der Waals surface area contributed by atoms with Crippen molar-refractivity contribution in [2.45, 2.75) is 6.92 Å². The molecule has 68 valence electrons. The minimum atomic E-state index is 0. The molecule has 2 nitrogen and oxygen atoms in total. The maximum absolute atomic E-state index is 5.29. The zero-order chi connectivity index (χ0) is 8.10. The second kappa shape index (κ2) is 5.86. The average molecular weight is 188 g/mol. The van der Waals surface area contributed by atoms with Crippen molar-refractivity contribution in [2.24, 2.45) is 5.73 Å². The monoisotopic (exact) mass is 187 g/mol. The highest BCUT2D eigenvalue weighted by Crippen LogP contribution is 2.10. The van der Waals surface area contributed by atoms with Crippen molar-refractivity contribution in [3.05, 3.63) is 29.8 Å². The molecule has 0 bridgehead atoms. The predicted octanol–water partition coefficient (Wildman–Crippen LogP) is 1.75. The Morgan fingerprint density at radius 3 is 2.33 bits per heavy atom. The third-order valence-corrected chi connectivity index (χ3v) is 1.41. The van der Waals surface area contributed by atoms with E-state index in [1.165, 1.54) is 5.56 Å². The molecule has 0 spiro atoms. The third kappa shape index (κ3) is 3.60. The number of halogens is 1. The summed E-state index contributed by atoms with van der Waals surface area (Å²) < 4.78 is 5.29. The molecule has 0 aromatic heterocycles. The van der Waals surface area contributed by atoms with Crippen LogP contribution < -0.4 is 10.5 Å². The minimum Gasteiger partial charge on any atom is -0.492 e. The molecule has 0 heterocycles. The Morgan fingerprint density at radius 2 is 1.83 bits per heavy atom. The van der Waals surface area contributed by atoms with Crippen molar-refractivity contribution in [1.82, 2.24) is 0 Å². The highest BCUT2D eigenvalue weighted by atomic mass is 35.5. The maximum Gasteiger partial charge on any atom is 0.119 e. The van der Waals surface area contributed by atoms with Gasteiger partial charge in [-0.25, -0.2) is 0 Å². The van der Waals surface area contributed by atoms with Crippen LogP contribution in [-0.2, 0) is 0 Å². The van der Waals surface area contributed by atoms with Crippen molar-refractivity contribution in [3.8, 4) is 5.75 Å². The summed E-state index contributed by atoms with van der Waals surface area (Å²) in [6.45, 7) is 3.20. The number of rotatable bonds is 3. The van der Waals surface area contributed by atoms with Gasteiger partial charge in [0.15, 0.2) is 0 Å². The Bertz CT molecular complexity index is 210. The number of aryl methyl sites for hydroxylation is 1. The van der Waals surface area contributed by atoms with E-state index in [1.54, 1.807) is 0 Å². The molecule has 1 aromatic carbocycles. The first-order chi connectivity index (χ1) is 5.33. The van der Waals surface area contributed by atoms with Crippen molar-refractivity contribution >= 4 is 12.4 Å². The Kier molecular flexibility index (Phi) is 5.51. The second-order valence-corrected chi connectivity index (χ2v) is 2.45. The zero-order valence-electron chi connectivity index (χ0n) is 7.12. The summed E-state index contributed by atoms with van der Waals surface area (Å²) in [6, 6.07) is 7.94. The SMILES string of the molecule is Cc1ccc(OCCN)cc1.Cl. The van der Waals surface area contributed by atoms with Crippen LogP contribution in [0, 0.1) is 6.92 Å². The number of nitrogens with two attached hydrogens (primary N) is 1. The molecule has 0 aliphatic rings. The van der Waals surface area contributed by atoms with Gasteiger partial charge in [-0.15, -0.1) is 12.4 Å². The molecule has 12 heavy (non-hydrogen) atoms. The number of ether oxygens (including phenoxy) is 1. The van der Waals surface area contributed by atoms with Crippen LogP contribution in [0.25, 0.3) is 0 Å². The molecule has 0 aliphatic heterocycles. The van der Waals surface area contributed by atoms with Gasteiger partial charge in [0.05, 0.1) is 0 Å². The molecule has 1 rings (SSSR count). The molecule has 0 saturated carbocycles. The van der Waals surface area contributed by atoms with Crippen molar-refractivity contribution in [1.29, 1.82) is 0 Å². The van der Waals surface area contributed by atoms with Gasteiger partial charge >= 0.3 is 0 Å². The van der Waals surface area contributed by atoms with Crippen LogP contribution in [-0.4, -0.2) is 13.2 Å². The summed E-state index contributed by atoms with van der Waals surface area (Å²) in [5.41, 5.74) is 6.52. The molecule has 2 N–H and O–H groups in total. The van der Waals surface area contributed by atoms with Gasteiger partial charge in [-0.05, 0) is 19.1 Å². The lowest BCUT2D eigenvalue weighted by molar-refractivity contribution is 0.328. The molecule has 0 fully saturated rings. The van der Waals surface area contributed by atoms with E-state index in [4.69, 9.17) is 10.5 Å². The van der Waals surface area contributed by atoms with Crippen molar-refractivity contribution < 1.29 is 4.74 Å². The van der Waals surface area contributed by atoms with Crippen molar-refractivity contribution in [3.63, 3.8) is 0 Å². The van der Waals surface area contributed by atoms with Gasteiger partial charge in [0, 0.05) is 6.54 Å². The molecular weight excluding hydrogens is 174 g/mol. The lowest BCUT2D eigenvalue weighted by Crippen LogP contribution is -2.10. The van der Waals surface area contributed by atoms with E-state index in [2.05, 4.69) is 0 Å². The van der Waals surface area contributed by atoms with Crippen LogP contribution in [0.2, 0.25) is 0 Å². The molecule has 0 saturated heterocycles. The fraction of sp³-hybridized carbons (Fsp3) is 0.333. The lowest BCUT2D eigenvalue weighted by Gasteiger charge is -2.03. The van der Waals surface area contributed by atoms with Gasteiger partial charge < -0.3 is 10.5 Å². The number of benzene rings is 1. The van der Waals surface area contributed by atoms with Crippen LogP contribution in [0.5, 0.6) is 5.75 Å². The predicted molar refractivity (Wildman–Crippen MR) is 53.0 cm³/mol. The van der Waals surface area contributed by atoms with Crippen LogP contribution >= 0.6 is 12.4 Å².